The van der Waals surface area contributed by atoms with Gasteiger partial charge >= 0.3 is 0 Å². The minimum Gasteiger partial charge on any atom is -0.492 e. The molecular formula is C29H33N3O4S. The van der Waals surface area contributed by atoms with E-state index in [0.717, 1.165) is 5.56 Å². The van der Waals surface area contributed by atoms with Crippen LogP contribution >= 0.6 is 0 Å². The second-order valence-corrected chi connectivity index (χ2v) is 12.0. The zero-order valence-corrected chi connectivity index (χ0v) is 22.9. The van der Waals surface area contributed by atoms with E-state index in [1.54, 1.807) is 55.5 Å². The smallest absolute Gasteiger partial charge is 0.266 e. The van der Waals surface area contributed by atoms with E-state index < -0.39 is 16.1 Å². The molecule has 0 N–H and O–H groups in total. The van der Waals surface area contributed by atoms with E-state index in [9.17, 15) is 13.2 Å². The Morgan fingerprint density at radius 1 is 0.973 bits per heavy atom. The Balaban J connectivity index is 1.88. The Kier molecular flexibility index (Phi) is 7.26. The molecule has 0 bridgehead atoms. The molecule has 0 saturated heterocycles. The number of benzene rings is 3. The molecule has 4 rings (SSSR count). The average Bonchev–Trinajstić information content (AvgIpc) is 2.88. The van der Waals surface area contributed by atoms with Gasteiger partial charge in [0.25, 0.3) is 5.56 Å². The predicted molar refractivity (Wildman–Crippen MR) is 147 cm³/mol. The maximum absolute atomic E-state index is 13.8. The number of rotatable bonds is 7. The second-order valence-electron chi connectivity index (χ2n) is 10.0. The van der Waals surface area contributed by atoms with Crippen LogP contribution in [0.25, 0.3) is 16.6 Å². The van der Waals surface area contributed by atoms with Crippen LogP contribution in [-0.2, 0) is 15.4 Å². The number of hydrogen-bond acceptors (Lipinski definition) is 5. The Labute approximate surface area is 218 Å². The first-order valence-electron chi connectivity index (χ1n) is 12.3. The summed E-state index contributed by atoms with van der Waals surface area (Å²) in [7, 11) is -2.38. The van der Waals surface area contributed by atoms with Crippen molar-refractivity contribution in [2.24, 2.45) is 0 Å². The lowest BCUT2D eigenvalue weighted by molar-refractivity contribution is 0.337. The summed E-state index contributed by atoms with van der Waals surface area (Å²) >= 11 is 0. The summed E-state index contributed by atoms with van der Waals surface area (Å²) in [5.41, 5.74) is 1.66. The van der Waals surface area contributed by atoms with Gasteiger partial charge in [0.15, 0.2) is 0 Å². The number of fused-ring (bicyclic) bond motifs is 1. The third kappa shape index (κ3) is 5.04. The van der Waals surface area contributed by atoms with Crippen LogP contribution < -0.4 is 10.3 Å². The predicted octanol–water partition coefficient (Wildman–Crippen LogP) is 5.46. The van der Waals surface area contributed by atoms with E-state index in [1.165, 1.54) is 15.9 Å². The second kappa shape index (κ2) is 10.1. The lowest BCUT2D eigenvalue weighted by atomic mass is 9.87. The highest BCUT2D eigenvalue weighted by atomic mass is 32.2. The standard InChI is InChI=1S/C29H33N3O4S/c1-7-36-26-15-11-10-14-25(26)32-27(30-24-13-9-8-12-23(24)28(32)33)20(2)31(6)37(34,35)22-18-16-21(17-19-22)29(3,4)5/h8-20H,7H2,1-6H3. The Bertz CT molecular complexity index is 1590. The molecule has 8 heteroatoms. The molecule has 0 aliphatic heterocycles. The van der Waals surface area contributed by atoms with Crippen LogP contribution in [0, 0.1) is 0 Å². The van der Waals surface area contributed by atoms with Crippen LogP contribution in [0.5, 0.6) is 5.75 Å². The van der Waals surface area contributed by atoms with Crippen LogP contribution in [0.15, 0.2) is 82.5 Å². The minimum absolute atomic E-state index is 0.0967. The monoisotopic (exact) mass is 519 g/mol. The van der Waals surface area contributed by atoms with Gasteiger partial charge < -0.3 is 4.74 Å². The fraction of sp³-hybridized carbons (Fsp3) is 0.310. The lowest BCUT2D eigenvalue weighted by Crippen LogP contribution is -2.35. The van der Waals surface area contributed by atoms with Gasteiger partial charge in [-0.15, -0.1) is 0 Å². The molecule has 4 aromatic rings. The van der Waals surface area contributed by atoms with Crippen molar-refractivity contribution in [3.05, 3.63) is 94.5 Å². The SMILES string of the molecule is CCOc1ccccc1-n1c(C(C)N(C)S(=O)(=O)c2ccc(C(C)(C)C)cc2)nc2ccccc2c1=O. The summed E-state index contributed by atoms with van der Waals surface area (Å²) in [6.07, 6.45) is 0. The van der Waals surface area contributed by atoms with Gasteiger partial charge in [0.05, 0.1) is 34.1 Å². The molecule has 3 aromatic carbocycles. The van der Waals surface area contributed by atoms with Crippen molar-refractivity contribution in [3.8, 4) is 11.4 Å². The molecule has 194 valence electrons. The molecule has 0 saturated carbocycles. The summed E-state index contributed by atoms with van der Waals surface area (Å²) in [6, 6.07) is 20.4. The number of para-hydroxylation sites is 3. The fourth-order valence-electron chi connectivity index (χ4n) is 4.25. The van der Waals surface area contributed by atoms with E-state index in [0.29, 0.717) is 34.8 Å². The summed E-state index contributed by atoms with van der Waals surface area (Å²) < 4.78 is 35.9. The number of hydrogen-bond donors (Lipinski definition) is 0. The van der Waals surface area contributed by atoms with Crippen molar-refractivity contribution in [2.75, 3.05) is 13.7 Å². The van der Waals surface area contributed by atoms with Crippen LogP contribution in [0.1, 0.15) is 52.0 Å². The highest BCUT2D eigenvalue weighted by Crippen LogP contribution is 2.31. The molecule has 1 aromatic heterocycles. The number of sulfonamides is 1. The molecule has 0 amide bonds. The van der Waals surface area contributed by atoms with Crippen LogP contribution in [0.3, 0.4) is 0 Å². The van der Waals surface area contributed by atoms with Gasteiger partial charge in [-0.1, -0.05) is 57.2 Å². The first-order chi connectivity index (χ1) is 17.5. The Morgan fingerprint density at radius 3 is 2.24 bits per heavy atom. The quantitative estimate of drug-likeness (QED) is 0.324. The van der Waals surface area contributed by atoms with Crippen molar-refractivity contribution in [3.63, 3.8) is 0 Å². The Hall–Kier alpha value is -3.49. The topological polar surface area (TPSA) is 81.5 Å². The number of nitrogens with zero attached hydrogens (tertiary/aromatic N) is 3. The summed E-state index contributed by atoms with van der Waals surface area (Å²) in [5, 5.41) is 0.438. The molecule has 0 spiro atoms. The number of ether oxygens (including phenoxy) is 1. The van der Waals surface area contributed by atoms with E-state index in [2.05, 4.69) is 20.8 Å². The van der Waals surface area contributed by atoms with E-state index in [4.69, 9.17) is 9.72 Å². The van der Waals surface area contributed by atoms with Gasteiger partial charge in [-0.3, -0.25) is 9.36 Å². The summed E-state index contributed by atoms with van der Waals surface area (Å²) in [4.78, 5) is 18.8. The zero-order valence-electron chi connectivity index (χ0n) is 22.1. The lowest BCUT2D eigenvalue weighted by Gasteiger charge is -2.27. The van der Waals surface area contributed by atoms with Crippen LogP contribution in [0.2, 0.25) is 0 Å². The maximum atomic E-state index is 13.8. The summed E-state index contributed by atoms with van der Waals surface area (Å²) in [5.74, 6) is 0.814. The van der Waals surface area contributed by atoms with E-state index in [-0.39, 0.29) is 15.9 Å². The van der Waals surface area contributed by atoms with E-state index in [1.807, 2.05) is 31.2 Å². The normalized spacial score (nSPS) is 13.2. The van der Waals surface area contributed by atoms with Gasteiger partial charge in [0.1, 0.15) is 11.6 Å². The van der Waals surface area contributed by atoms with Crippen LogP contribution in [-0.4, -0.2) is 35.9 Å². The van der Waals surface area contributed by atoms with Crippen molar-refractivity contribution < 1.29 is 13.2 Å². The molecular weight excluding hydrogens is 486 g/mol. The molecule has 0 aliphatic carbocycles. The highest BCUT2D eigenvalue weighted by Gasteiger charge is 2.31. The first kappa shape index (κ1) is 26.6. The first-order valence-corrected chi connectivity index (χ1v) is 13.7. The molecule has 1 atom stereocenters. The van der Waals surface area contributed by atoms with Gasteiger partial charge in [-0.25, -0.2) is 13.4 Å². The Morgan fingerprint density at radius 2 is 1.59 bits per heavy atom. The third-order valence-electron chi connectivity index (χ3n) is 6.52. The van der Waals surface area contributed by atoms with Gasteiger partial charge in [0.2, 0.25) is 10.0 Å². The summed E-state index contributed by atoms with van der Waals surface area (Å²) in [6.45, 7) is 10.3. The molecule has 0 fully saturated rings. The van der Waals surface area contributed by atoms with E-state index >= 15 is 0 Å². The molecule has 0 aliphatic rings. The van der Waals surface area contributed by atoms with Crippen LogP contribution in [0.4, 0.5) is 0 Å². The van der Waals surface area contributed by atoms with Crippen molar-refractivity contribution >= 4 is 20.9 Å². The molecule has 7 nitrogen and oxygen atoms in total. The fourth-order valence-corrected chi connectivity index (χ4v) is 5.57. The molecule has 0 radical (unpaired) electrons. The highest BCUT2D eigenvalue weighted by molar-refractivity contribution is 7.89. The van der Waals surface area contributed by atoms with Crippen molar-refractivity contribution in [1.29, 1.82) is 0 Å². The van der Waals surface area contributed by atoms with Gasteiger partial charge in [-0.05, 0) is 61.2 Å². The molecule has 37 heavy (non-hydrogen) atoms. The molecule has 1 heterocycles. The van der Waals surface area contributed by atoms with Gasteiger partial charge in [-0.2, -0.15) is 4.31 Å². The maximum Gasteiger partial charge on any atom is 0.266 e. The largest absolute Gasteiger partial charge is 0.492 e. The van der Waals surface area contributed by atoms with Crippen molar-refractivity contribution in [2.45, 2.75) is 51.0 Å². The average molecular weight is 520 g/mol. The van der Waals surface area contributed by atoms with Gasteiger partial charge in [0, 0.05) is 7.05 Å². The zero-order chi connectivity index (χ0) is 27.0. The third-order valence-corrected chi connectivity index (χ3v) is 8.47. The van der Waals surface area contributed by atoms with Crippen molar-refractivity contribution in [1.82, 2.24) is 13.9 Å². The minimum atomic E-state index is -3.89. The molecule has 1 unspecified atom stereocenters. The number of aromatic nitrogens is 2.